The zero-order valence-corrected chi connectivity index (χ0v) is 16.5. The van der Waals surface area contributed by atoms with Crippen LogP contribution < -0.4 is 5.32 Å². The van der Waals surface area contributed by atoms with Gasteiger partial charge in [-0.15, -0.1) is 0 Å². The number of nitrogens with zero attached hydrogens (tertiary/aromatic N) is 1. The van der Waals surface area contributed by atoms with E-state index in [0.29, 0.717) is 18.7 Å². The van der Waals surface area contributed by atoms with Gasteiger partial charge in [-0.3, -0.25) is 9.59 Å². The Morgan fingerprint density at radius 1 is 1.13 bits per heavy atom. The molecule has 160 valence electrons. The summed E-state index contributed by atoms with van der Waals surface area (Å²) in [6.45, 7) is 1.04. The first-order valence-electron chi connectivity index (χ1n) is 9.54. The van der Waals surface area contributed by atoms with Crippen LogP contribution in [0.25, 0.3) is 0 Å². The minimum Gasteiger partial charge on any atom is -0.380 e. The summed E-state index contributed by atoms with van der Waals surface area (Å²) in [4.78, 5) is 26.2. The molecule has 1 aliphatic rings. The molecular formula is C22H23F3N2O3. The van der Waals surface area contributed by atoms with E-state index in [0.717, 1.165) is 23.3 Å². The Morgan fingerprint density at radius 3 is 2.57 bits per heavy atom. The lowest BCUT2D eigenvalue weighted by Crippen LogP contribution is -2.32. The maximum Gasteiger partial charge on any atom is 0.416 e. The summed E-state index contributed by atoms with van der Waals surface area (Å²) >= 11 is 0. The molecule has 1 heterocycles. The number of nitrogens with one attached hydrogen (secondary N) is 1. The number of hydrogen-bond donors (Lipinski definition) is 1. The maximum absolute atomic E-state index is 12.9. The summed E-state index contributed by atoms with van der Waals surface area (Å²) < 4.78 is 43.7. The molecule has 0 radical (unpaired) electrons. The van der Waals surface area contributed by atoms with E-state index in [1.165, 1.54) is 11.0 Å². The van der Waals surface area contributed by atoms with Crippen molar-refractivity contribution >= 4 is 11.8 Å². The topological polar surface area (TPSA) is 58.6 Å². The molecule has 0 bridgehead atoms. The Labute approximate surface area is 172 Å². The number of hydrogen-bond acceptors (Lipinski definition) is 3. The fraction of sp³-hybridized carbons (Fsp3) is 0.364. The Bertz CT molecular complexity index is 914. The van der Waals surface area contributed by atoms with Crippen molar-refractivity contribution in [2.75, 3.05) is 13.7 Å². The van der Waals surface area contributed by atoms with Gasteiger partial charge in [0.15, 0.2) is 0 Å². The SMILES string of the molecule is COCc1cccc(CNC(=O)[C@@H]2CC(=O)N(Cc3cccc(C(F)(F)F)c3)C2)c1. The number of ether oxygens (including phenoxy) is 1. The average Bonchev–Trinajstić information content (AvgIpc) is 3.07. The molecule has 3 rings (SSSR count). The highest BCUT2D eigenvalue weighted by Crippen LogP contribution is 2.30. The summed E-state index contributed by atoms with van der Waals surface area (Å²) in [6.07, 6.45) is -4.39. The number of benzene rings is 2. The lowest BCUT2D eigenvalue weighted by molar-refractivity contribution is -0.137. The summed E-state index contributed by atoms with van der Waals surface area (Å²) in [5.41, 5.74) is 1.54. The van der Waals surface area contributed by atoms with E-state index in [2.05, 4.69) is 5.32 Å². The normalized spacial score (nSPS) is 16.7. The quantitative estimate of drug-likeness (QED) is 0.746. The molecule has 2 aromatic carbocycles. The molecule has 5 nitrogen and oxygen atoms in total. The van der Waals surface area contributed by atoms with Crippen LogP contribution in [0.2, 0.25) is 0 Å². The Kier molecular flexibility index (Phi) is 6.77. The van der Waals surface area contributed by atoms with Gasteiger partial charge < -0.3 is 15.0 Å². The molecule has 1 saturated heterocycles. The largest absolute Gasteiger partial charge is 0.416 e. The predicted octanol–water partition coefficient (Wildman–Crippen LogP) is 3.52. The second-order valence-electron chi connectivity index (χ2n) is 7.34. The minimum atomic E-state index is -4.44. The van der Waals surface area contributed by atoms with Crippen molar-refractivity contribution in [3.63, 3.8) is 0 Å². The second kappa shape index (κ2) is 9.30. The van der Waals surface area contributed by atoms with Crippen LogP contribution in [0.4, 0.5) is 13.2 Å². The summed E-state index contributed by atoms with van der Waals surface area (Å²) in [5.74, 6) is -1.01. The molecule has 0 aliphatic carbocycles. The van der Waals surface area contributed by atoms with E-state index in [1.807, 2.05) is 24.3 Å². The van der Waals surface area contributed by atoms with Crippen molar-refractivity contribution in [2.24, 2.45) is 5.92 Å². The molecule has 1 fully saturated rings. The fourth-order valence-corrected chi connectivity index (χ4v) is 3.50. The maximum atomic E-state index is 12.9. The Balaban J connectivity index is 1.56. The number of halogens is 3. The highest BCUT2D eigenvalue weighted by Gasteiger charge is 2.35. The molecule has 0 saturated carbocycles. The number of rotatable bonds is 7. The van der Waals surface area contributed by atoms with Gasteiger partial charge in [0, 0.05) is 33.2 Å². The third-order valence-electron chi connectivity index (χ3n) is 4.98. The summed E-state index contributed by atoms with van der Waals surface area (Å²) in [5, 5.41) is 2.84. The van der Waals surface area contributed by atoms with E-state index in [1.54, 1.807) is 13.2 Å². The van der Waals surface area contributed by atoms with E-state index >= 15 is 0 Å². The van der Waals surface area contributed by atoms with Crippen LogP contribution in [0, 0.1) is 5.92 Å². The average molecular weight is 420 g/mol. The number of alkyl halides is 3. The van der Waals surface area contributed by atoms with Crippen molar-refractivity contribution in [3.05, 3.63) is 70.8 Å². The van der Waals surface area contributed by atoms with E-state index in [4.69, 9.17) is 4.74 Å². The molecule has 0 spiro atoms. The first-order valence-corrected chi connectivity index (χ1v) is 9.54. The molecule has 8 heteroatoms. The van der Waals surface area contributed by atoms with Crippen LogP contribution in [0.3, 0.4) is 0 Å². The van der Waals surface area contributed by atoms with E-state index in [9.17, 15) is 22.8 Å². The van der Waals surface area contributed by atoms with Gasteiger partial charge in [-0.05, 0) is 28.8 Å². The van der Waals surface area contributed by atoms with Gasteiger partial charge in [-0.1, -0.05) is 36.4 Å². The molecule has 1 atom stereocenters. The molecule has 30 heavy (non-hydrogen) atoms. The Morgan fingerprint density at radius 2 is 1.83 bits per heavy atom. The van der Waals surface area contributed by atoms with Crippen molar-refractivity contribution in [1.29, 1.82) is 0 Å². The molecule has 2 aromatic rings. The summed E-state index contributed by atoms with van der Waals surface area (Å²) in [7, 11) is 1.61. The van der Waals surface area contributed by atoms with Crippen molar-refractivity contribution < 1.29 is 27.5 Å². The van der Waals surface area contributed by atoms with Crippen LogP contribution in [-0.4, -0.2) is 30.4 Å². The van der Waals surface area contributed by atoms with Gasteiger partial charge in [0.25, 0.3) is 0 Å². The highest BCUT2D eigenvalue weighted by molar-refractivity contribution is 5.89. The Hall–Kier alpha value is -2.87. The van der Waals surface area contributed by atoms with Gasteiger partial charge in [0.2, 0.25) is 11.8 Å². The van der Waals surface area contributed by atoms with Crippen LogP contribution >= 0.6 is 0 Å². The smallest absolute Gasteiger partial charge is 0.380 e. The standard InChI is InChI=1S/C22H23F3N2O3/c1-30-14-17-6-2-4-15(8-17)11-26-21(29)18-10-20(28)27(13-18)12-16-5-3-7-19(9-16)22(23,24)25/h2-9,18H,10-14H2,1H3,(H,26,29)/t18-/m1/s1. The number of carbonyl (C=O) groups is 2. The van der Waals surface area contributed by atoms with E-state index in [-0.39, 0.29) is 31.3 Å². The van der Waals surface area contributed by atoms with Gasteiger partial charge in [0.05, 0.1) is 18.1 Å². The fourth-order valence-electron chi connectivity index (χ4n) is 3.50. The second-order valence-corrected chi connectivity index (χ2v) is 7.34. The third kappa shape index (κ3) is 5.60. The van der Waals surface area contributed by atoms with Crippen molar-refractivity contribution in [1.82, 2.24) is 10.2 Å². The highest BCUT2D eigenvalue weighted by atomic mass is 19.4. The van der Waals surface area contributed by atoms with Crippen molar-refractivity contribution in [2.45, 2.75) is 32.3 Å². The summed E-state index contributed by atoms with van der Waals surface area (Å²) in [6, 6.07) is 12.5. The monoisotopic (exact) mass is 420 g/mol. The number of amides is 2. The van der Waals surface area contributed by atoms with Gasteiger partial charge in [-0.2, -0.15) is 13.2 Å². The minimum absolute atomic E-state index is 0.0472. The zero-order chi connectivity index (χ0) is 21.7. The van der Waals surface area contributed by atoms with Gasteiger partial charge in [0.1, 0.15) is 0 Å². The zero-order valence-electron chi connectivity index (χ0n) is 16.5. The molecule has 1 N–H and O–H groups in total. The third-order valence-corrected chi connectivity index (χ3v) is 4.98. The molecular weight excluding hydrogens is 397 g/mol. The predicted molar refractivity (Wildman–Crippen MR) is 104 cm³/mol. The molecule has 2 amide bonds. The van der Waals surface area contributed by atoms with Crippen LogP contribution in [-0.2, 0) is 40.2 Å². The first kappa shape index (κ1) is 21.8. The molecule has 1 aliphatic heterocycles. The lowest BCUT2D eigenvalue weighted by atomic mass is 10.1. The molecule has 0 unspecified atom stereocenters. The number of methoxy groups -OCH3 is 1. The molecule has 0 aromatic heterocycles. The number of carbonyl (C=O) groups excluding carboxylic acids is 2. The van der Waals surface area contributed by atoms with E-state index < -0.39 is 17.7 Å². The van der Waals surface area contributed by atoms with Crippen LogP contribution in [0.5, 0.6) is 0 Å². The van der Waals surface area contributed by atoms with Crippen LogP contribution in [0.1, 0.15) is 28.7 Å². The van der Waals surface area contributed by atoms with Crippen LogP contribution in [0.15, 0.2) is 48.5 Å². The van der Waals surface area contributed by atoms with Crippen molar-refractivity contribution in [3.8, 4) is 0 Å². The lowest BCUT2D eigenvalue weighted by Gasteiger charge is -2.18. The first-order chi connectivity index (χ1) is 14.3. The van der Waals surface area contributed by atoms with Gasteiger partial charge >= 0.3 is 6.18 Å². The number of likely N-dealkylation sites (tertiary alicyclic amines) is 1. The van der Waals surface area contributed by atoms with Gasteiger partial charge in [-0.25, -0.2) is 0 Å².